The predicted molar refractivity (Wildman–Crippen MR) is 62.6 cm³/mol. The summed E-state index contributed by atoms with van der Waals surface area (Å²) in [6.07, 6.45) is 1.45. The number of rotatable bonds is 3. The lowest BCUT2D eigenvalue weighted by atomic mass is 10.2. The average Bonchev–Trinajstić information content (AvgIpc) is 2.65. The summed E-state index contributed by atoms with van der Waals surface area (Å²) >= 11 is 0. The number of ether oxygens (including phenoxy) is 1. The van der Waals surface area contributed by atoms with E-state index >= 15 is 0 Å². The van der Waals surface area contributed by atoms with Crippen molar-refractivity contribution in [2.24, 2.45) is 0 Å². The van der Waals surface area contributed by atoms with Gasteiger partial charge in [0.1, 0.15) is 12.2 Å². The van der Waals surface area contributed by atoms with E-state index in [1.54, 1.807) is 16.7 Å². The van der Waals surface area contributed by atoms with E-state index in [0.29, 0.717) is 11.3 Å². The van der Waals surface area contributed by atoms with Crippen molar-refractivity contribution >= 4 is 17.5 Å². The minimum absolute atomic E-state index is 0.137. The third-order valence-corrected chi connectivity index (χ3v) is 2.56. The number of methoxy groups -OCH3 is 1. The van der Waals surface area contributed by atoms with Crippen molar-refractivity contribution in [3.05, 3.63) is 35.4 Å². The molecule has 0 radical (unpaired) electrons. The maximum absolute atomic E-state index is 11.6. The Morgan fingerprint density at radius 2 is 2.22 bits per heavy atom. The molecule has 0 aliphatic carbocycles. The normalized spacial score (nSPS) is 10.6. The second kappa shape index (κ2) is 4.48. The molecular weight excluding hydrogens is 236 g/mol. The largest absolute Gasteiger partial charge is 0.481 e. The molecule has 18 heavy (non-hydrogen) atoms. The van der Waals surface area contributed by atoms with Crippen LogP contribution in [0.15, 0.2) is 18.3 Å². The minimum Gasteiger partial charge on any atom is -0.481 e. The van der Waals surface area contributed by atoms with Gasteiger partial charge >= 0.3 is 11.9 Å². The zero-order chi connectivity index (χ0) is 13.3. The summed E-state index contributed by atoms with van der Waals surface area (Å²) in [6, 6.07) is 3.59. The van der Waals surface area contributed by atoms with Crippen LogP contribution in [0.2, 0.25) is 0 Å². The Hall–Kier alpha value is -2.37. The van der Waals surface area contributed by atoms with Gasteiger partial charge in [-0.2, -0.15) is 0 Å². The molecule has 2 aromatic rings. The van der Waals surface area contributed by atoms with E-state index in [4.69, 9.17) is 5.11 Å². The van der Waals surface area contributed by atoms with Gasteiger partial charge in [0, 0.05) is 6.20 Å². The molecule has 0 fully saturated rings. The molecule has 0 atom stereocenters. The van der Waals surface area contributed by atoms with E-state index in [9.17, 15) is 9.59 Å². The van der Waals surface area contributed by atoms with E-state index in [1.165, 1.54) is 7.11 Å². The quantitative estimate of drug-likeness (QED) is 0.821. The zero-order valence-corrected chi connectivity index (χ0v) is 10.0. The molecule has 2 aromatic heterocycles. The highest BCUT2D eigenvalue weighted by molar-refractivity contribution is 5.95. The molecular formula is C12H12N2O4. The fraction of sp³-hybridized carbons (Fsp3) is 0.250. The number of pyridine rings is 1. The summed E-state index contributed by atoms with van der Waals surface area (Å²) in [5, 5.41) is 8.82. The highest BCUT2D eigenvalue weighted by Gasteiger charge is 2.19. The number of hydrogen-bond acceptors (Lipinski definition) is 4. The number of carboxylic acids is 1. The minimum atomic E-state index is -1.00. The lowest BCUT2D eigenvalue weighted by Crippen LogP contribution is -2.05. The topological polar surface area (TPSA) is 80.9 Å². The third kappa shape index (κ3) is 2.04. The SMILES string of the molecule is COC(=O)c1nc(CC(=O)O)n2ccc(C)cc12. The summed E-state index contributed by atoms with van der Waals surface area (Å²) in [5.41, 5.74) is 1.64. The van der Waals surface area contributed by atoms with Crippen LogP contribution in [-0.4, -0.2) is 33.5 Å². The highest BCUT2D eigenvalue weighted by Crippen LogP contribution is 2.16. The summed E-state index contributed by atoms with van der Waals surface area (Å²) in [6.45, 7) is 1.88. The molecule has 0 bridgehead atoms. The molecule has 94 valence electrons. The average molecular weight is 248 g/mol. The van der Waals surface area contributed by atoms with Gasteiger partial charge in [0.2, 0.25) is 0 Å². The van der Waals surface area contributed by atoms with Crippen molar-refractivity contribution in [2.75, 3.05) is 7.11 Å². The maximum Gasteiger partial charge on any atom is 0.358 e. The molecule has 2 heterocycles. The van der Waals surface area contributed by atoms with Gasteiger partial charge < -0.3 is 14.2 Å². The van der Waals surface area contributed by atoms with Crippen LogP contribution in [-0.2, 0) is 16.0 Å². The number of nitrogens with zero attached hydrogens (tertiary/aromatic N) is 2. The Balaban J connectivity index is 2.66. The summed E-state index contributed by atoms with van der Waals surface area (Å²) in [7, 11) is 1.26. The van der Waals surface area contributed by atoms with E-state index in [2.05, 4.69) is 9.72 Å². The number of imidazole rings is 1. The Labute approximate surface area is 103 Å². The van der Waals surface area contributed by atoms with Crippen LogP contribution in [0.1, 0.15) is 21.9 Å². The number of aromatic nitrogens is 2. The number of hydrogen-bond donors (Lipinski definition) is 1. The fourth-order valence-electron chi connectivity index (χ4n) is 1.76. The molecule has 6 nitrogen and oxygen atoms in total. The number of fused-ring (bicyclic) bond motifs is 1. The van der Waals surface area contributed by atoms with Crippen LogP contribution in [0.4, 0.5) is 0 Å². The van der Waals surface area contributed by atoms with Crippen LogP contribution in [0.3, 0.4) is 0 Å². The number of esters is 1. The summed E-state index contributed by atoms with van der Waals surface area (Å²) in [5.74, 6) is -1.27. The first kappa shape index (κ1) is 12.1. The van der Waals surface area contributed by atoms with Gasteiger partial charge in [-0.05, 0) is 24.6 Å². The van der Waals surface area contributed by atoms with Crippen molar-refractivity contribution < 1.29 is 19.4 Å². The van der Waals surface area contributed by atoms with Crippen molar-refractivity contribution in [2.45, 2.75) is 13.3 Å². The van der Waals surface area contributed by atoms with Gasteiger partial charge in [-0.25, -0.2) is 9.78 Å². The molecule has 0 aliphatic heterocycles. The lowest BCUT2D eigenvalue weighted by Gasteiger charge is -2.00. The highest BCUT2D eigenvalue weighted by atomic mass is 16.5. The number of carbonyl (C=O) groups excluding carboxylic acids is 1. The van der Waals surface area contributed by atoms with Crippen molar-refractivity contribution in [3.8, 4) is 0 Å². The van der Waals surface area contributed by atoms with Gasteiger partial charge in [0.25, 0.3) is 0 Å². The summed E-state index contributed by atoms with van der Waals surface area (Å²) < 4.78 is 6.23. The molecule has 1 N–H and O–H groups in total. The van der Waals surface area contributed by atoms with Crippen LogP contribution >= 0.6 is 0 Å². The molecule has 2 rings (SSSR count). The van der Waals surface area contributed by atoms with Gasteiger partial charge in [-0.15, -0.1) is 0 Å². The van der Waals surface area contributed by atoms with Crippen LogP contribution in [0.25, 0.3) is 5.52 Å². The number of aryl methyl sites for hydroxylation is 1. The monoisotopic (exact) mass is 248 g/mol. The molecule has 0 amide bonds. The van der Waals surface area contributed by atoms with Crippen LogP contribution in [0, 0.1) is 6.92 Å². The van der Waals surface area contributed by atoms with Crippen LogP contribution in [0.5, 0.6) is 0 Å². The Kier molecular flexibility index (Phi) is 3.01. The van der Waals surface area contributed by atoms with E-state index in [1.807, 2.05) is 13.0 Å². The van der Waals surface area contributed by atoms with E-state index in [0.717, 1.165) is 5.56 Å². The first-order valence-corrected chi connectivity index (χ1v) is 5.30. The predicted octanol–water partition coefficient (Wildman–Crippen LogP) is 1.06. The standard InChI is InChI=1S/C12H12N2O4/c1-7-3-4-14-8(5-7)11(12(17)18-2)13-9(14)6-10(15)16/h3-5H,6H2,1-2H3,(H,15,16). The van der Waals surface area contributed by atoms with Gasteiger partial charge in [-0.1, -0.05) is 0 Å². The number of aliphatic carboxylic acids is 1. The second-order valence-electron chi connectivity index (χ2n) is 3.90. The molecule has 0 saturated heterocycles. The lowest BCUT2D eigenvalue weighted by molar-refractivity contribution is -0.136. The Morgan fingerprint density at radius 3 is 2.83 bits per heavy atom. The molecule has 6 heteroatoms. The summed E-state index contributed by atoms with van der Waals surface area (Å²) in [4.78, 5) is 26.4. The second-order valence-corrected chi connectivity index (χ2v) is 3.90. The molecule has 0 aliphatic rings. The third-order valence-electron chi connectivity index (χ3n) is 2.56. The van der Waals surface area contributed by atoms with Crippen LogP contribution < -0.4 is 0 Å². The Morgan fingerprint density at radius 1 is 1.50 bits per heavy atom. The maximum atomic E-state index is 11.6. The fourth-order valence-corrected chi connectivity index (χ4v) is 1.76. The van der Waals surface area contributed by atoms with Gasteiger partial charge in [-0.3, -0.25) is 4.79 Å². The Bertz CT molecular complexity index is 630. The molecule has 0 saturated carbocycles. The van der Waals surface area contributed by atoms with Crippen molar-refractivity contribution in [1.29, 1.82) is 0 Å². The first-order chi connectivity index (χ1) is 8.52. The van der Waals surface area contributed by atoms with Gasteiger partial charge in [0.15, 0.2) is 5.69 Å². The van der Waals surface area contributed by atoms with Gasteiger partial charge in [0.05, 0.1) is 12.6 Å². The molecule has 0 unspecified atom stereocenters. The van der Waals surface area contributed by atoms with E-state index < -0.39 is 11.9 Å². The number of carboxylic acid groups (broad SMARTS) is 1. The first-order valence-electron chi connectivity index (χ1n) is 5.30. The number of carbonyl (C=O) groups is 2. The molecule has 0 aromatic carbocycles. The van der Waals surface area contributed by atoms with Crippen molar-refractivity contribution in [1.82, 2.24) is 9.38 Å². The molecule has 0 spiro atoms. The van der Waals surface area contributed by atoms with E-state index in [-0.39, 0.29) is 12.1 Å². The smallest absolute Gasteiger partial charge is 0.358 e. The zero-order valence-electron chi connectivity index (χ0n) is 10.0. The van der Waals surface area contributed by atoms with Crippen molar-refractivity contribution in [3.63, 3.8) is 0 Å².